The summed E-state index contributed by atoms with van der Waals surface area (Å²) in [5, 5.41) is 0.651. The molecular weight excluding hydrogens is 1320 g/mol. The minimum atomic E-state index is -0.481. The zero-order chi connectivity index (χ0) is 68.6. The van der Waals surface area contributed by atoms with Crippen LogP contribution in [0.4, 0.5) is 30.7 Å². The van der Waals surface area contributed by atoms with E-state index < -0.39 is 11.6 Å². The van der Waals surface area contributed by atoms with Crippen LogP contribution in [0.2, 0.25) is 10.0 Å². The van der Waals surface area contributed by atoms with Gasteiger partial charge in [0.25, 0.3) is 0 Å². The predicted molar refractivity (Wildman–Crippen MR) is 391 cm³/mol. The summed E-state index contributed by atoms with van der Waals surface area (Å²) in [6, 6.07) is 32.4. The van der Waals surface area contributed by atoms with E-state index in [1.54, 1.807) is 25.1 Å². The molecule has 0 fully saturated rings. The standard InChI is InChI=1S/C12H13F.C12H14.C11H14ClF.C11H14F2.C11H15F.C10H11BrClF.C10H12BrF.3CH4/c1-5-9-8-10(12(2,3)4)6-7-11(9)13;1-5-10-7-6-8-11(9-10)12(2,3)4;1-7-5-8(11(2,3)4)10(13)6-9(7)12;1-7-9(12)6-5-8(10(7)13)11(2,3)4;1-8-7-9(11(2,3)4)5-6-10(8)12;1-10(2,3)6-4-5-7(13)9(12)8(6)11;1-10(2,3)8-5-4-7(12)6-9(8)11;;;/h1,6-8H,2-4H3;1,6-9H,2-4H3;2*5-6H,1-4H3;5-7H,1-4H3;4-5H,1-3H3;4-6H,1-3H3;3*1H4. The van der Waals surface area contributed by atoms with Gasteiger partial charge in [0.1, 0.15) is 40.7 Å². The summed E-state index contributed by atoms with van der Waals surface area (Å²) in [7, 11) is 0. The van der Waals surface area contributed by atoms with E-state index in [1.807, 2.05) is 84.9 Å². The molecule has 91 heavy (non-hydrogen) atoms. The van der Waals surface area contributed by atoms with Gasteiger partial charge in [-0.25, -0.2) is 30.7 Å². The van der Waals surface area contributed by atoms with Gasteiger partial charge in [0.05, 0.1) is 10.6 Å². The Morgan fingerprint density at radius 2 is 0.791 bits per heavy atom. The third-order valence-electron chi connectivity index (χ3n) is 13.7. The van der Waals surface area contributed by atoms with Gasteiger partial charge < -0.3 is 0 Å². The van der Waals surface area contributed by atoms with Crippen LogP contribution in [0.15, 0.2) is 124 Å². The second kappa shape index (κ2) is 37.0. The van der Waals surface area contributed by atoms with Crippen molar-refractivity contribution in [1.29, 1.82) is 0 Å². The van der Waals surface area contributed by atoms with E-state index >= 15 is 0 Å². The molecule has 7 rings (SSSR count). The van der Waals surface area contributed by atoms with Crippen molar-refractivity contribution in [2.45, 2.75) is 226 Å². The fourth-order valence-electron chi connectivity index (χ4n) is 7.96. The number of benzene rings is 7. The van der Waals surface area contributed by atoms with Gasteiger partial charge in [0.15, 0.2) is 0 Å². The first-order valence-electron chi connectivity index (χ1n) is 28.9. The SMILES string of the molecule is C.C.C.C#Cc1cc(C(C)(C)C)ccc1F.C#Cc1cccc(C(C)(C)C)c1.CC(C)(C)c1ccc(F)c(Cl)c1Br.CC(C)(C)c1ccc(F)cc1Br.Cc1c(F)ccc(C(C)(C)C)c1F.Cc1cc(C(C)(C)C)c(F)cc1Cl.Cc1cc(C(C)(C)C)ccc1F. The Hall–Kier alpha value is -5.29. The monoisotopic (exact) mass is 1430 g/mol. The number of aryl methyl sites for hydroxylation is 2. The summed E-state index contributed by atoms with van der Waals surface area (Å²) >= 11 is 18.2. The molecule has 502 valence electrons. The molecule has 0 atom stereocenters. The van der Waals surface area contributed by atoms with Gasteiger partial charge in [-0.2, -0.15) is 0 Å². The summed E-state index contributed by atoms with van der Waals surface area (Å²) < 4.78 is 93.0. The van der Waals surface area contributed by atoms with Crippen LogP contribution in [0.25, 0.3) is 0 Å². The zero-order valence-corrected chi connectivity index (χ0v) is 61.0. The summed E-state index contributed by atoms with van der Waals surface area (Å²) in [4.78, 5) is 0. The Morgan fingerprint density at radius 3 is 1.22 bits per heavy atom. The Labute approximate surface area is 574 Å². The van der Waals surface area contributed by atoms with Crippen molar-refractivity contribution >= 4 is 55.1 Å². The molecule has 0 amide bonds. The minimum Gasteiger partial charge on any atom is -0.207 e. The molecule has 7 aromatic carbocycles. The number of terminal acetylenes is 2. The third-order valence-corrected chi connectivity index (χ3v) is 16.2. The molecule has 7 aromatic rings. The molecule has 0 unspecified atom stereocenters. The van der Waals surface area contributed by atoms with Crippen molar-refractivity contribution in [2.75, 3.05) is 0 Å². The second-order valence-electron chi connectivity index (χ2n) is 28.7. The third kappa shape index (κ3) is 29.7. The molecule has 0 N–H and O–H groups in total. The molecule has 0 bridgehead atoms. The maximum Gasteiger partial charge on any atom is 0.142 e. The van der Waals surface area contributed by atoms with Gasteiger partial charge in [0.2, 0.25) is 0 Å². The molecule has 0 radical (unpaired) electrons. The second-order valence-corrected chi connectivity index (χ2v) is 31.2. The van der Waals surface area contributed by atoms with Crippen LogP contribution in [-0.4, -0.2) is 0 Å². The first kappa shape index (κ1) is 89.9. The fraction of sp³-hybridized carbons (Fsp3) is 0.425. The van der Waals surface area contributed by atoms with Crippen molar-refractivity contribution in [1.82, 2.24) is 0 Å². The first-order chi connectivity index (χ1) is 39.8. The smallest absolute Gasteiger partial charge is 0.142 e. The van der Waals surface area contributed by atoms with E-state index in [0.29, 0.717) is 20.6 Å². The summed E-state index contributed by atoms with van der Waals surface area (Å²) in [5.74, 6) is 2.82. The van der Waals surface area contributed by atoms with Gasteiger partial charge in [-0.05, 0) is 185 Å². The molecule has 11 heteroatoms. The molecule has 0 saturated carbocycles. The maximum atomic E-state index is 13.5. The van der Waals surface area contributed by atoms with Gasteiger partial charge in [0, 0.05) is 25.1 Å². The van der Waals surface area contributed by atoms with Crippen LogP contribution < -0.4 is 0 Å². The molecule has 0 spiro atoms. The van der Waals surface area contributed by atoms with Gasteiger partial charge in [-0.3, -0.25) is 0 Å². The van der Waals surface area contributed by atoms with E-state index in [-0.39, 0.29) is 99.9 Å². The highest BCUT2D eigenvalue weighted by molar-refractivity contribution is 9.11. The lowest BCUT2D eigenvalue weighted by Crippen LogP contribution is -2.14. The predicted octanol–water partition coefficient (Wildman–Crippen LogP) is 27.5. The van der Waals surface area contributed by atoms with Crippen molar-refractivity contribution in [3.8, 4) is 24.7 Å². The fourth-order valence-corrected chi connectivity index (χ4v) is 10.1. The molecule has 0 heterocycles. The Bertz CT molecular complexity index is 3430. The summed E-state index contributed by atoms with van der Waals surface area (Å²) in [6.07, 6.45) is 10.5. The van der Waals surface area contributed by atoms with Crippen LogP contribution in [0.3, 0.4) is 0 Å². The molecule has 0 aromatic heterocycles. The molecule has 0 aliphatic rings. The Morgan fingerprint density at radius 1 is 0.374 bits per heavy atom. The lowest BCUT2D eigenvalue weighted by atomic mass is 9.85. The average Bonchev–Trinajstić information content (AvgIpc) is 1.02. The van der Waals surface area contributed by atoms with E-state index in [4.69, 9.17) is 36.0 Å². The number of hydrogen-bond donors (Lipinski definition) is 0. The van der Waals surface area contributed by atoms with Crippen LogP contribution in [0, 0.1) is 86.2 Å². The largest absolute Gasteiger partial charge is 0.207 e. The molecular formula is C80H105Br2Cl2F7. The molecule has 0 nitrogen and oxygen atoms in total. The van der Waals surface area contributed by atoms with Crippen LogP contribution in [0.1, 0.15) is 234 Å². The van der Waals surface area contributed by atoms with Crippen LogP contribution in [-0.2, 0) is 37.9 Å². The van der Waals surface area contributed by atoms with Crippen molar-refractivity contribution in [3.63, 3.8) is 0 Å². The van der Waals surface area contributed by atoms with E-state index in [1.165, 1.54) is 66.6 Å². The zero-order valence-electron chi connectivity index (χ0n) is 56.3. The number of hydrogen-bond acceptors (Lipinski definition) is 0. The quantitative estimate of drug-likeness (QED) is 0.0807. The Kier molecular flexibility index (Phi) is 36.5. The van der Waals surface area contributed by atoms with E-state index in [0.717, 1.165) is 43.4 Å². The highest BCUT2D eigenvalue weighted by Gasteiger charge is 2.24. The Balaban J connectivity index is -0.000000988. The maximum absolute atomic E-state index is 13.5. The summed E-state index contributed by atoms with van der Waals surface area (Å²) in [6.45, 7) is 48.4. The van der Waals surface area contributed by atoms with Gasteiger partial charge >= 0.3 is 0 Å². The average molecular weight is 1430 g/mol. The van der Waals surface area contributed by atoms with E-state index in [9.17, 15) is 30.7 Å². The highest BCUT2D eigenvalue weighted by Crippen LogP contribution is 2.37. The summed E-state index contributed by atoms with van der Waals surface area (Å²) in [5.41, 5.74) is 9.90. The highest BCUT2D eigenvalue weighted by atomic mass is 79.9. The number of rotatable bonds is 0. The van der Waals surface area contributed by atoms with Crippen LogP contribution >= 0.6 is 55.1 Å². The van der Waals surface area contributed by atoms with Gasteiger partial charge in [-0.1, -0.05) is 273 Å². The lowest BCUT2D eigenvalue weighted by molar-refractivity contribution is 0.503. The van der Waals surface area contributed by atoms with Gasteiger partial charge in [-0.15, -0.1) is 12.8 Å². The minimum absolute atomic E-state index is 0. The van der Waals surface area contributed by atoms with Crippen molar-refractivity contribution in [2.24, 2.45) is 0 Å². The first-order valence-corrected chi connectivity index (χ1v) is 31.3. The number of halogens is 11. The lowest BCUT2D eigenvalue weighted by Gasteiger charge is -2.21. The van der Waals surface area contributed by atoms with Crippen molar-refractivity contribution in [3.05, 3.63) is 242 Å². The van der Waals surface area contributed by atoms with Crippen LogP contribution in [0.5, 0.6) is 0 Å². The topological polar surface area (TPSA) is 0 Å². The van der Waals surface area contributed by atoms with Crippen molar-refractivity contribution < 1.29 is 30.7 Å². The van der Waals surface area contributed by atoms with E-state index in [2.05, 4.69) is 160 Å². The molecule has 0 saturated heterocycles. The molecule has 0 aliphatic carbocycles. The molecule has 0 aliphatic heterocycles. The normalized spacial score (nSPS) is 11.2.